The van der Waals surface area contributed by atoms with Crippen molar-refractivity contribution in [3.8, 4) is 11.3 Å². The van der Waals surface area contributed by atoms with E-state index in [-0.39, 0.29) is 12.4 Å². The summed E-state index contributed by atoms with van der Waals surface area (Å²) in [6.45, 7) is 4.73. The van der Waals surface area contributed by atoms with Crippen LogP contribution in [0.4, 0.5) is 0 Å². The second-order valence-corrected chi connectivity index (χ2v) is 6.71. The van der Waals surface area contributed by atoms with Crippen molar-refractivity contribution in [2.45, 2.75) is 32.2 Å². The average Bonchev–Trinajstić information content (AvgIpc) is 3.02. The van der Waals surface area contributed by atoms with Crippen LogP contribution in [-0.4, -0.2) is 34.3 Å². The number of halogens is 1. The molecule has 0 N–H and O–H groups in total. The molecule has 4 rings (SSSR count). The van der Waals surface area contributed by atoms with Crippen LogP contribution in [0.25, 0.3) is 22.2 Å². The highest BCUT2D eigenvalue weighted by Gasteiger charge is 2.13. The lowest BCUT2D eigenvalue weighted by Gasteiger charge is -2.26. The van der Waals surface area contributed by atoms with Gasteiger partial charge in [-0.15, -0.1) is 12.4 Å². The molecule has 1 aromatic heterocycles. The van der Waals surface area contributed by atoms with Crippen LogP contribution in [0.2, 0.25) is 0 Å². The van der Waals surface area contributed by atoms with Gasteiger partial charge in [-0.1, -0.05) is 55.0 Å². The lowest BCUT2D eigenvalue weighted by atomic mass is 10.1. The van der Waals surface area contributed by atoms with Gasteiger partial charge >= 0.3 is 0 Å². The molecule has 1 saturated heterocycles. The third-order valence-electron chi connectivity index (χ3n) is 5.00. The summed E-state index contributed by atoms with van der Waals surface area (Å²) in [5.74, 6) is 0. The second-order valence-electron chi connectivity index (χ2n) is 6.71. The van der Waals surface area contributed by atoms with E-state index < -0.39 is 0 Å². The Morgan fingerprint density at radius 2 is 1.52 bits per heavy atom. The van der Waals surface area contributed by atoms with Crippen LogP contribution in [0.5, 0.6) is 0 Å². The summed E-state index contributed by atoms with van der Waals surface area (Å²) in [6.07, 6.45) is 5.30. The molecule has 1 fully saturated rings. The number of para-hydroxylation sites is 1. The minimum absolute atomic E-state index is 0. The van der Waals surface area contributed by atoms with Gasteiger partial charge in [0.05, 0.1) is 5.52 Å². The van der Waals surface area contributed by atoms with Crippen molar-refractivity contribution < 1.29 is 0 Å². The van der Waals surface area contributed by atoms with Gasteiger partial charge in [-0.05, 0) is 45.0 Å². The number of benzene rings is 2. The normalized spacial score (nSPS) is 15.2. The number of aromatic nitrogens is 2. The number of fused-ring (bicyclic) bond motifs is 1. The Bertz CT molecular complexity index is 791. The third kappa shape index (κ3) is 4.05. The van der Waals surface area contributed by atoms with Crippen LogP contribution in [0.1, 0.15) is 25.7 Å². The van der Waals surface area contributed by atoms with E-state index in [0.717, 1.165) is 12.2 Å². The number of nitrogens with zero attached hydrogens (tertiary/aromatic N) is 3. The van der Waals surface area contributed by atoms with Gasteiger partial charge in [0.25, 0.3) is 0 Å². The molecule has 2 heterocycles. The Labute approximate surface area is 156 Å². The first kappa shape index (κ1) is 18.0. The fraction of sp³-hybridized carbons (Fsp3) is 0.381. The molecule has 25 heavy (non-hydrogen) atoms. The topological polar surface area (TPSA) is 21.1 Å². The van der Waals surface area contributed by atoms with E-state index >= 15 is 0 Å². The highest BCUT2D eigenvalue weighted by molar-refractivity contribution is 5.93. The molecule has 3 aromatic rings. The molecule has 0 spiro atoms. The summed E-state index contributed by atoms with van der Waals surface area (Å²) in [7, 11) is 0. The summed E-state index contributed by atoms with van der Waals surface area (Å²) < 4.78 is 2.20. The molecule has 1 aliphatic rings. The highest BCUT2D eigenvalue weighted by atomic mass is 35.5. The van der Waals surface area contributed by atoms with E-state index in [1.165, 1.54) is 61.8 Å². The summed E-state index contributed by atoms with van der Waals surface area (Å²) in [4.78, 5) is 2.60. The maximum Gasteiger partial charge on any atom is 0.100 e. The van der Waals surface area contributed by atoms with Gasteiger partial charge in [0, 0.05) is 17.5 Å². The first-order valence-corrected chi connectivity index (χ1v) is 9.15. The van der Waals surface area contributed by atoms with Gasteiger partial charge in [0.2, 0.25) is 0 Å². The zero-order chi connectivity index (χ0) is 16.2. The molecule has 0 bridgehead atoms. The summed E-state index contributed by atoms with van der Waals surface area (Å²) >= 11 is 0. The molecule has 2 aromatic carbocycles. The number of piperidine rings is 1. The summed E-state index contributed by atoms with van der Waals surface area (Å²) in [5.41, 5.74) is 3.54. The smallest absolute Gasteiger partial charge is 0.100 e. The van der Waals surface area contributed by atoms with E-state index in [1.54, 1.807) is 0 Å². The standard InChI is InChI=1S/C21H25N3.ClH/c1-3-10-18(11-4-1)21-19-12-5-6-13-20(19)24(22-21)17-9-16-23-14-7-2-8-15-23;/h1,3-6,10-13H,2,7-9,14-17H2;1H. The van der Waals surface area contributed by atoms with Crippen LogP contribution < -0.4 is 0 Å². The van der Waals surface area contributed by atoms with Gasteiger partial charge in [0.1, 0.15) is 5.69 Å². The third-order valence-corrected chi connectivity index (χ3v) is 5.00. The maximum atomic E-state index is 4.94. The van der Waals surface area contributed by atoms with Crippen molar-refractivity contribution in [3.05, 3.63) is 54.6 Å². The molecule has 3 nitrogen and oxygen atoms in total. The van der Waals surface area contributed by atoms with Crippen LogP contribution in [0, 0.1) is 0 Å². The van der Waals surface area contributed by atoms with Gasteiger partial charge in [-0.2, -0.15) is 5.10 Å². The molecule has 0 radical (unpaired) electrons. The Kier molecular flexibility index (Phi) is 6.11. The largest absolute Gasteiger partial charge is 0.303 e. The molecule has 1 aliphatic heterocycles. The number of hydrogen-bond donors (Lipinski definition) is 0. The molecule has 0 aliphatic carbocycles. The van der Waals surface area contributed by atoms with Crippen LogP contribution in [-0.2, 0) is 6.54 Å². The van der Waals surface area contributed by atoms with E-state index in [0.29, 0.717) is 0 Å². The maximum absolute atomic E-state index is 4.94. The van der Waals surface area contributed by atoms with Crippen molar-refractivity contribution in [2.24, 2.45) is 0 Å². The number of aryl methyl sites for hydroxylation is 1. The molecule has 0 amide bonds. The van der Waals surface area contributed by atoms with Crippen molar-refractivity contribution in [3.63, 3.8) is 0 Å². The van der Waals surface area contributed by atoms with Gasteiger partial charge < -0.3 is 4.90 Å². The zero-order valence-corrected chi connectivity index (χ0v) is 15.4. The van der Waals surface area contributed by atoms with E-state index in [4.69, 9.17) is 5.10 Å². The SMILES string of the molecule is Cl.c1ccc(-c2nn(CCCN3CCCCC3)c3ccccc23)cc1. The van der Waals surface area contributed by atoms with Crippen molar-refractivity contribution >= 4 is 23.3 Å². The number of hydrogen-bond acceptors (Lipinski definition) is 2. The fourth-order valence-corrected chi connectivity index (χ4v) is 3.73. The number of rotatable bonds is 5. The Hall–Kier alpha value is -1.84. The van der Waals surface area contributed by atoms with Crippen LogP contribution in [0.15, 0.2) is 54.6 Å². The summed E-state index contributed by atoms with van der Waals surface area (Å²) in [6, 6.07) is 19.1. The van der Waals surface area contributed by atoms with Gasteiger partial charge in [0.15, 0.2) is 0 Å². The van der Waals surface area contributed by atoms with Crippen LogP contribution >= 0.6 is 12.4 Å². The Morgan fingerprint density at radius 3 is 2.32 bits per heavy atom. The molecule has 4 heteroatoms. The minimum atomic E-state index is 0. The lowest BCUT2D eigenvalue weighted by Crippen LogP contribution is -2.31. The second kappa shape index (κ2) is 8.50. The molecular formula is C21H26ClN3. The van der Waals surface area contributed by atoms with E-state index in [1.807, 2.05) is 0 Å². The van der Waals surface area contributed by atoms with Crippen molar-refractivity contribution in [1.29, 1.82) is 0 Å². The van der Waals surface area contributed by atoms with Gasteiger partial charge in [-0.25, -0.2) is 0 Å². The average molecular weight is 356 g/mol. The lowest BCUT2D eigenvalue weighted by molar-refractivity contribution is 0.222. The predicted octanol–water partition coefficient (Wildman–Crippen LogP) is 5.00. The van der Waals surface area contributed by atoms with E-state index in [9.17, 15) is 0 Å². The Morgan fingerprint density at radius 1 is 0.800 bits per heavy atom. The molecule has 0 unspecified atom stereocenters. The highest BCUT2D eigenvalue weighted by Crippen LogP contribution is 2.27. The predicted molar refractivity (Wildman–Crippen MR) is 107 cm³/mol. The number of likely N-dealkylation sites (tertiary alicyclic amines) is 1. The summed E-state index contributed by atoms with van der Waals surface area (Å²) in [5, 5.41) is 6.19. The first-order valence-electron chi connectivity index (χ1n) is 9.15. The molecule has 0 atom stereocenters. The molecule has 132 valence electrons. The Balaban J connectivity index is 0.00000182. The fourth-order valence-electron chi connectivity index (χ4n) is 3.73. The van der Waals surface area contributed by atoms with Crippen molar-refractivity contribution in [2.75, 3.05) is 19.6 Å². The first-order chi connectivity index (χ1) is 11.9. The molecular weight excluding hydrogens is 330 g/mol. The zero-order valence-electron chi connectivity index (χ0n) is 14.6. The minimum Gasteiger partial charge on any atom is -0.303 e. The van der Waals surface area contributed by atoms with Crippen LogP contribution in [0.3, 0.4) is 0 Å². The van der Waals surface area contributed by atoms with Crippen molar-refractivity contribution in [1.82, 2.24) is 14.7 Å². The van der Waals surface area contributed by atoms with Gasteiger partial charge in [-0.3, -0.25) is 4.68 Å². The quantitative estimate of drug-likeness (QED) is 0.642. The molecule has 0 saturated carbocycles. The van der Waals surface area contributed by atoms with E-state index in [2.05, 4.69) is 64.2 Å². The monoisotopic (exact) mass is 355 g/mol.